The first kappa shape index (κ1) is 13.6. The zero-order valence-electron chi connectivity index (χ0n) is 12.5. The summed E-state index contributed by atoms with van der Waals surface area (Å²) in [7, 11) is 1.47. The van der Waals surface area contributed by atoms with E-state index in [9.17, 15) is 4.79 Å². The monoisotopic (exact) mass is 306 g/mol. The molecule has 0 radical (unpaired) electrons. The summed E-state index contributed by atoms with van der Waals surface area (Å²) in [6.07, 6.45) is 0.880. The highest BCUT2D eigenvalue weighted by Gasteiger charge is 2.19. The molecule has 2 aromatic carbocycles. The quantitative estimate of drug-likeness (QED) is 0.629. The number of fused-ring (bicyclic) bond motifs is 3. The number of rotatable bonds is 3. The third-order valence-electron chi connectivity index (χ3n) is 3.97. The first-order valence-corrected chi connectivity index (χ1v) is 7.28. The van der Waals surface area contributed by atoms with E-state index in [1.807, 2.05) is 30.3 Å². The maximum atomic E-state index is 12.2. The molecule has 0 bridgehead atoms. The van der Waals surface area contributed by atoms with E-state index in [1.54, 1.807) is 0 Å². The van der Waals surface area contributed by atoms with Crippen LogP contribution in [0.5, 0.6) is 5.88 Å². The molecule has 0 aliphatic heterocycles. The molecule has 1 aromatic heterocycles. The average Bonchev–Trinajstić information content (AvgIpc) is 3.18. The molecule has 0 spiro atoms. The van der Waals surface area contributed by atoms with Gasteiger partial charge in [0.1, 0.15) is 0 Å². The summed E-state index contributed by atoms with van der Waals surface area (Å²) >= 11 is 0. The van der Waals surface area contributed by atoms with Crippen molar-refractivity contribution in [3.05, 3.63) is 65.4 Å². The van der Waals surface area contributed by atoms with Gasteiger partial charge in [-0.05, 0) is 46.0 Å². The SMILES string of the molecule is COc1cc(C(=O)Nc2ccc3c(c2)Cc2ccccc2-3)on1. The third-order valence-corrected chi connectivity index (χ3v) is 3.97. The molecule has 0 saturated heterocycles. The number of anilines is 1. The zero-order valence-corrected chi connectivity index (χ0v) is 12.5. The number of hydrogen-bond donors (Lipinski definition) is 1. The predicted molar refractivity (Wildman–Crippen MR) is 85.7 cm³/mol. The Kier molecular flexibility index (Phi) is 3.12. The molecule has 1 heterocycles. The highest BCUT2D eigenvalue weighted by Crippen LogP contribution is 2.37. The van der Waals surface area contributed by atoms with Gasteiger partial charge in [-0.3, -0.25) is 4.79 Å². The summed E-state index contributed by atoms with van der Waals surface area (Å²) in [4.78, 5) is 12.2. The molecule has 4 rings (SSSR count). The van der Waals surface area contributed by atoms with Gasteiger partial charge in [0.05, 0.1) is 13.2 Å². The van der Waals surface area contributed by atoms with Gasteiger partial charge in [-0.25, -0.2) is 0 Å². The Balaban J connectivity index is 1.58. The van der Waals surface area contributed by atoms with Gasteiger partial charge in [0, 0.05) is 5.69 Å². The molecule has 114 valence electrons. The molecule has 1 aliphatic rings. The van der Waals surface area contributed by atoms with E-state index in [4.69, 9.17) is 9.26 Å². The van der Waals surface area contributed by atoms with Crippen molar-refractivity contribution in [2.24, 2.45) is 0 Å². The minimum atomic E-state index is -0.351. The van der Waals surface area contributed by atoms with Crippen LogP contribution in [0.25, 0.3) is 11.1 Å². The number of amides is 1. The van der Waals surface area contributed by atoms with Crippen LogP contribution in [0.15, 0.2) is 53.1 Å². The van der Waals surface area contributed by atoms with Crippen molar-refractivity contribution in [2.45, 2.75) is 6.42 Å². The zero-order chi connectivity index (χ0) is 15.8. The van der Waals surface area contributed by atoms with Crippen LogP contribution in [-0.4, -0.2) is 18.2 Å². The summed E-state index contributed by atoms with van der Waals surface area (Å²) in [5.74, 6) is 0.0430. The van der Waals surface area contributed by atoms with Crippen LogP contribution in [0, 0.1) is 0 Å². The van der Waals surface area contributed by atoms with Crippen molar-refractivity contribution in [2.75, 3.05) is 12.4 Å². The van der Waals surface area contributed by atoms with Gasteiger partial charge in [0.25, 0.3) is 11.8 Å². The summed E-state index contributed by atoms with van der Waals surface area (Å²) in [5.41, 5.74) is 5.74. The molecule has 1 amide bonds. The standard InChI is InChI=1S/C18H14N2O3/c1-22-17-10-16(23-20-17)18(21)19-13-6-7-15-12(9-13)8-11-4-2-3-5-14(11)15/h2-7,9-10H,8H2,1H3,(H,19,21). The van der Waals surface area contributed by atoms with Gasteiger partial charge in [0.2, 0.25) is 5.76 Å². The Labute approximate surface area is 132 Å². The fraction of sp³-hybridized carbons (Fsp3) is 0.111. The van der Waals surface area contributed by atoms with Crippen molar-refractivity contribution in [1.82, 2.24) is 5.16 Å². The highest BCUT2D eigenvalue weighted by atomic mass is 16.5. The van der Waals surface area contributed by atoms with Crippen LogP contribution >= 0.6 is 0 Å². The van der Waals surface area contributed by atoms with E-state index < -0.39 is 0 Å². The number of benzene rings is 2. The highest BCUT2D eigenvalue weighted by molar-refractivity contribution is 6.02. The van der Waals surface area contributed by atoms with Gasteiger partial charge in [-0.2, -0.15) is 0 Å². The Morgan fingerprint density at radius 1 is 1.13 bits per heavy atom. The number of hydrogen-bond acceptors (Lipinski definition) is 4. The number of aromatic nitrogens is 1. The number of carbonyl (C=O) groups excluding carboxylic acids is 1. The van der Waals surface area contributed by atoms with E-state index in [0.717, 1.165) is 12.1 Å². The van der Waals surface area contributed by atoms with Gasteiger partial charge in [-0.15, -0.1) is 0 Å². The van der Waals surface area contributed by atoms with E-state index >= 15 is 0 Å². The second-order valence-electron chi connectivity index (χ2n) is 5.39. The molecule has 3 aromatic rings. The lowest BCUT2D eigenvalue weighted by atomic mass is 10.1. The fourth-order valence-corrected chi connectivity index (χ4v) is 2.88. The molecule has 0 unspecified atom stereocenters. The smallest absolute Gasteiger partial charge is 0.294 e. The lowest BCUT2D eigenvalue weighted by molar-refractivity contribution is 0.0987. The average molecular weight is 306 g/mol. The summed E-state index contributed by atoms with van der Waals surface area (Å²) in [6, 6.07) is 15.7. The number of nitrogens with one attached hydrogen (secondary N) is 1. The second-order valence-corrected chi connectivity index (χ2v) is 5.39. The van der Waals surface area contributed by atoms with E-state index in [1.165, 1.54) is 35.4 Å². The van der Waals surface area contributed by atoms with Crippen LogP contribution < -0.4 is 10.1 Å². The Bertz CT molecular complexity index is 899. The van der Waals surface area contributed by atoms with Crippen LogP contribution in [0.3, 0.4) is 0 Å². The Hall–Kier alpha value is -3.08. The number of methoxy groups -OCH3 is 1. The first-order chi connectivity index (χ1) is 11.2. The predicted octanol–water partition coefficient (Wildman–Crippen LogP) is 3.51. The van der Waals surface area contributed by atoms with Crippen molar-refractivity contribution in [1.29, 1.82) is 0 Å². The first-order valence-electron chi connectivity index (χ1n) is 7.28. The minimum Gasteiger partial charge on any atom is -0.479 e. The summed E-state index contributed by atoms with van der Waals surface area (Å²) < 4.78 is 9.85. The third kappa shape index (κ3) is 2.36. The molecule has 5 nitrogen and oxygen atoms in total. The lowest BCUT2D eigenvalue weighted by Crippen LogP contribution is -2.11. The molecule has 0 fully saturated rings. The Morgan fingerprint density at radius 3 is 2.78 bits per heavy atom. The van der Waals surface area contributed by atoms with Gasteiger partial charge < -0.3 is 14.6 Å². The topological polar surface area (TPSA) is 64.4 Å². The maximum absolute atomic E-state index is 12.2. The van der Waals surface area contributed by atoms with Gasteiger partial charge in [0.15, 0.2) is 0 Å². The molecular weight excluding hydrogens is 292 g/mol. The van der Waals surface area contributed by atoms with Crippen LogP contribution in [0.1, 0.15) is 21.7 Å². The Morgan fingerprint density at radius 2 is 1.96 bits per heavy atom. The summed E-state index contributed by atoms with van der Waals surface area (Å²) in [6.45, 7) is 0. The molecule has 1 aliphatic carbocycles. The molecule has 0 atom stereocenters. The molecule has 23 heavy (non-hydrogen) atoms. The van der Waals surface area contributed by atoms with Crippen molar-refractivity contribution in [3.8, 4) is 17.0 Å². The maximum Gasteiger partial charge on any atom is 0.294 e. The minimum absolute atomic E-state index is 0.116. The van der Waals surface area contributed by atoms with Crippen LogP contribution in [0.4, 0.5) is 5.69 Å². The van der Waals surface area contributed by atoms with Crippen molar-refractivity contribution < 1.29 is 14.1 Å². The van der Waals surface area contributed by atoms with E-state index in [2.05, 4.69) is 22.6 Å². The fourth-order valence-electron chi connectivity index (χ4n) is 2.88. The van der Waals surface area contributed by atoms with E-state index in [0.29, 0.717) is 0 Å². The largest absolute Gasteiger partial charge is 0.479 e. The molecule has 1 N–H and O–H groups in total. The molecule has 5 heteroatoms. The number of carbonyl (C=O) groups is 1. The summed E-state index contributed by atoms with van der Waals surface area (Å²) in [5, 5.41) is 6.45. The number of ether oxygens (including phenoxy) is 1. The molecule has 0 saturated carbocycles. The number of nitrogens with zero attached hydrogens (tertiary/aromatic N) is 1. The van der Waals surface area contributed by atoms with E-state index in [-0.39, 0.29) is 17.5 Å². The van der Waals surface area contributed by atoms with Crippen LogP contribution in [0.2, 0.25) is 0 Å². The van der Waals surface area contributed by atoms with Crippen LogP contribution in [-0.2, 0) is 6.42 Å². The van der Waals surface area contributed by atoms with Crippen molar-refractivity contribution in [3.63, 3.8) is 0 Å². The van der Waals surface area contributed by atoms with Gasteiger partial charge >= 0.3 is 0 Å². The lowest BCUT2D eigenvalue weighted by Gasteiger charge is -2.06. The normalized spacial score (nSPS) is 11.7. The van der Waals surface area contributed by atoms with Gasteiger partial charge in [-0.1, -0.05) is 30.3 Å². The van der Waals surface area contributed by atoms with Crippen molar-refractivity contribution >= 4 is 11.6 Å². The molecular formula is C18H14N2O3. The second kappa shape index (κ2) is 5.28.